The first kappa shape index (κ1) is 13.4. The molecule has 0 spiro atoms. The maximum absolute atomic E-state index is 3.50. The van der Waals surface area contributed by atoms with Gasteiger partial charge in [-0.25, -0.2) is 0 Å². The molecule has 2 fully saturated rings. The van der Waals surface area contributed by atoms with Crippen molar-refractivity contribution in [1.82, 2.24) is 10.2 Å². The lowest BCUT2D eigenvalue weighted by Crippen LogP contribution is -2.36. The van der Waals surface area contributed by atoms with Gasteiger partial charge in [0.1, 0.15) is 0 Å². The summed E-state index contributed by atoms with van der Waals surface area (Å²) in [6.45, 7) is 7.44. The van der Waals surface area contributed by atoms with Crippen LogP contribution in [0.3, 0.4) is 0 Å². The normalized spacial score (nSPS) is 31.2. The fourth-order valence-corrected chi connectivity index (χ4v) is 3.61. The van der Waals surface area contributed by atoms with Crippen molar-refractivity contribution in [2.45, 2.75) is 51.9 Å². The molecule has 1 unspecified atom stereocenters. The van der Waals surface area contributed by atoms with Gasteiger partial charge in [-0.05, 0) is 44.3 Å². The molecule has 0 aromatic carbocycles. The number of rotatable bonds is 5. The Balaban J connectivity index is 1.64. The Bertz CT molecular complexity index is 215. The summed E-state index contributed by atoms with van der Waals surface area (Å²) < 4.78 is 0. The molecule has 2 aliphatic rings. The summed E-state index contributed by atoms with van der Waals surface area (Å²) in [5.74, 6) is 1.03. The summed E-state index contributed by atoms with van der Waals surface area (Å²) in [5, 5.41) is 3.50. The molecular formula is C15H30N2. The fraction of sp³-hybridized carbons (Fsp3) is 1.00. The van der Waals surface area contributed by atoms with Crippen LogP contribution in [0.25, 0.3) is 0 Å². The van der Waals surface area contributed by atoms with Gasteiger partial charge in [-0.3, -0.25) is 0 Å². The molecule has 2 rings (SSSR count). The van der Waals surface area contributed by atoms with E-state index in [1.165, 1.54) is 71.1 Å². The molecule has 1 atom stereocenters. The monoisotopic (exact) mass is 238 g/mol. The standard InChI is InChI=1S/C15H30N2/c1-15(9-10-16-12-15)13-17(2)11-8-14-6-4-3-5-7-14/h14,16H,3-13H2,1-2H3. The Labute approximate surface area is 107 Å². The zero-order valence-electron chi connectivity index (χ0n) is 11.8. The minimum absolute atomic E-state index is 0.529. The lowest BCUT2D eigenvalue weighted by molar-refractivity contribution is 0.191. The molecule has 1 saturated heterocycles. The Hall–Kier alpha value is -0.0800. The van der Waals surface area contributed by atoms with E-state index in [9.17, 15) is 0 Å². The van der Waals surface area contributed by atoms with Crippen molar-refractivity contribution in [3.63, 3.8) is 0 Å². The van der Waals surface area contributed by atoms with E-state index < -0.39 is 0 Å². The van der Waals surface area contributed by atoms with Crippen LogP contribution in [0.5, 0.6) is 0 Å². The van der Waals surface area contributed by atoms with Crippen LogP contribution in [0.1, 0.15) is 51.9 Å². The molecule has 0 amide bonds. The predicted molar refractivity (Wildman–Crippen MR) is 74.3 cm³/mol. The molecule has 17 heavy (non-hydrogen) atoms. The molecule has 1 heterocycles. The highest BCUT2D eigenvalue weighted by atomic mass is 15.1. The van der Waals surface area contributed by atoms with E-state index in [1.54, 1.807) is 0 Å². The summed E-state index contributed by atoms with van der Waals surface area (Å²) in [4.78, 5) is 2.57. The van der Waals surface area contributed by atoms with E-state index in [2.05, 4.69) is 24.2 Å². The highest BCUT2D eigenvalue weighted by molar-refractivity contribution is 4.86. The van der Waals surface area contributed by atoms with Crippen molar-refractivity contribution in [2.75, 3.05) is 33.2 Å². The van der Waals surface area contributed by atoms with Crippen LogP contribution in [0.4, 0.5) is 0 Å². The molecule has 0 bridgehead atoms. The molecule has 1 saturated carbocycles. The molecule has 0 aromatic rings. The van der Waals surface area contributed by atoms with E-state index in [1.807, 2.05) is 0 Å². The lowest BCUT2D eigenvalue weighted by atomic mass is 9.86. The van der Waals surface area contributed by atoms with Gasteiger partial charge in [-0.2, -0.15) is 0 Å². The highest BCUT2D eigenvalue weighted by Gasteiger charge is 2.29. The molecule has 100 valence electrons. The molecule has 0 radical (unpaired) electrons. The van der Waals surface area contributed by atoms with Crippen LogP contribution in [0.15, 0.2) is 0 Å². The summed E-state index contributed by atoms with van der Waals surface area (Å²) in [7, 11) is 2.31. The minimum Gasteiger partial charge on any atom is -0.316 e. The average molecular weight is 238 g/mol. The number of hydrogen-bond donors (Lipinski definition) is 1. The third kappa shape index (κ3) is 4.26. The number of nitrogens with zero attached hydrogens (tertiary/aromatic N) is 1. The van der Waals surface area contributed by atoms with Gasteiger partial charge in [0.15, 0.2) is 0 Å². The molecule has 1 N–H and O–H groups in total. The number of nitrogens with one attached hydrogen (secondary N) is 1. The van der Waals surface area contributed by atoms with Gasteiger partial charge in [0, 0.05) is 13.1 Å². The van der Waals surface area contributed by atoms with Crippen LogP contribution in [-0.2, 0) is 0 Å². The SMILES string of the molecule is CN(CCC1CCCCC1)CC1(C)CCNC1. The van der Waals surface area contributed by atoms with Gasteiger partial charge >= 0.3 is 0 Å². The second kappa shape index (κ2) is 6.19. The number of hydrogen-bond acceptors (Lipinski definition) is 2. The largest absolute Gasteiger partial charge is 0.316 e. The Morgan fingerprint density at radius 2 is 2.00 bits per heavy atom. The first-order valence-electron chi connectivity index (χ1n) is 7.57. The highest BCUT2D eigenvalue weighted by Crippen LogP contribution is 2.28. The Morgan fingerprint density at radius 1 is 1.24 bits per heavy atom. The lowest BCUT2D eigenvalue weighted by Gasteiger charge is -2.31. The average Bonchev–Trinajstić information content (AvgIpc) is 2.74. The van der Waals surface area contributed by atoms with Crippen molar-refractivity contribution in [3.8, 4) is 0 Å². The second-order valence-electron chi connectivity index (χ2n) is 6.77. The second-order valence-corrected chi connectivity index (χ2v) is 6.77. The van der Waals surface area contributed by atoms with Crippen molar-refractivity contribution >= 4 is 0 Å². The van der Waals surface area contributed by atoms with Crippen molar-refractivity contribution in [1.29, 1.82) is 0 Å². The molecule has 2 heteroatoms. The zero-order valence-corrected chi connectivity index (χ0v) is 11.8. The van der Waals surface area contributed by atoms with E-state index in [0.29, 0.717) is 5.41 Å². The molecule has 1 aliphatic carbocycles. The van der Waals surface area contributed by atoms with E-state index >= 15 is 0 Å². The topological polar surface area (TPSA) is 15.3 Å². The van der Waals surface area contributed by atoms with Crippen LogP contribution >= 0.6 is 0 Å². The first-order valence-corrected chi connectivity index (χ1v) is 7.57. The van der Waals surface area contributed by atoms with E-state index in [0.717, 1.165) is 5.92 Å². The zero-order chi connectivity index (χ0) is 12.1. The Kier molecular flexibility index (Phi) is 4.87. The molecule has 1 aliphatic heterocycles. The third-order valence-corrected chi connectivity index (χ3v) is 4.75. The van der Waals surface area contributed by atoms with Crippen LogP contribution < -0.4 is 5.32 Å². The predicted octanol–water partition coefficient (Wildman–Crippen LogP) is 2.89. The van der Waals surface area contributed by atoms with Crippen molar-refractivity contribution < 1.29 is 0 Å². The minimum atomic E-state index is 0.529. The Morgan fingerprint density at radius 3 is 2.65 bits per heavy atom. The van der Waals surface area contributed by atoms with Gasteiger partial charge in [0.25, 0.3) is 0 Å². The summed E-state index contributed by atoms with van der Waals surface area (Å²) in [6, 6.07) is 0. The third-order valence-electron chi connectivity index (χ3n) is 4.75. The molecule has 2 nitrogen and oxygen atoms in total. The summed E-state index contributed by atoms with van der Waals surface area (Å²) >= 11 is 0. The van der Waals surface area contributed by atoms with Crippen LogP contribution in [-0.4, -0.2) is 38.1 Å². The first-order chi connectivity index (χ1) is 8.18. The van der Waals surface area contributed by atoms with Gasteiger partial charge in [-0.15, -0.1) is 0 Å². The van der Waals surface area contributed by atoms with Gasteiger partial charge in [0.05, 0.1) is 0 Å². The summed E-state index contributed by atoms with van der Waals surface area (Å²) in [6.07, 6.45) is 10.2. The van der Waals surface area contributed by atoms with Gasteiger partial charge in [-0.1, -0.05) is 39.0 Å². The molecule has 0 aromatic heterocycles. The van der Waals surface area contributed by atoms with E-state index in [4.69, 9.17) is 0 Å². The van der Waals surface area contributed by atoms with Gasteiger partial charge in [0.2, 0.25) is 0 Å². The van der Waals surface area contributed by atoms with Crippen LogP contribution in [0.2, 0.25) is 0 Å². The fourth-order valence-electron chi connectivity index (χ4n) is 3.61. The van der Waals surface area contributed by atoms with Crippen molar-refractivity contribution in [3.05, 3.63) is 0 Å². The summed E-state index contributed by atoms with van der Waals surface area (Å²) in [5.41, 5.74) is 0.529. The maximum Gasteiger partial charge on any atom is 0.00449 e. The van der Waals surface area contributed by atoms with Crippen molar-refractivity contribution in [2.24, 2.45) is 11.3 Å². The smallest absolute Gasteiger partial charge is 0.00449 e. The molecular weight excluding hydrogens is 208 g/mol. The van der Waals surface area contributed by atoms with Crippen LogP contribution in [0, 0.1) is 11.3 Å². The quantitative estimate of drug-likeness (QED) is 0.792. The maximum atomic E-state index is 3.50. The van der Waals surface area contributed by atoms with E-state index in [-0.39, 0.29) is 0 Å². The van der Waals surface area contributed by atoms with Gasteiger partial charge < -0.3 is 10.2 Å².